The van der Waals surface area contributed by atoms with Gasteiger partial charge < -0.3 is 37.2 Å². The Morgan fingerprint density at radius 2 is 1.68 bits per heavy atom. The summed E-state index contributed by atoms with van der Waals surface area (Å²) >= 11 is 2.40. The number of rotatable bonds is 8. The Hall–Kier alpha value is 0.501. The summed E-state index contributed by atoms with van der Waals surface area (Å²) in [6.07, 6.45) is 7.96. The van der Waals surface area contributed by atoms with Crippen molar-refractivity contribution in [2.75, 3.05) is 0 Å². The first-order valence-corrected chi connectivity index (χ1v) is 11.1. The molecule has 1 atom stereocenters. The molecule has 0 radical (unpaired) electrons. The SMILES string of the molecule is CCCCCC1=C(C(C)CC)[C]([Ti+3])=C([SiH2]c2ccccc2)C1.[Cl-].[Cl-].[Cl-]. The van der Waals surface area contributed by atoms with Crippen LogP contribution in [0.25, 0.3) is 0 Å². The molecule has 0 saturated carbocycles. The predicted octanol–water partition coefficient (Wildman–Crippen LogP) is -4.42. The molecule has 0 fully saturated rings. The summed E-state index contributed by atoms with van der Waals surface area (Å²) in [6, 6.07) is 11.2. The van der Waals surface area contributed by atoms with E-state index in [1.54, 1.807) is 25.4 Å². The van der Waals surface area contributed by atoms with Gasteiger partial charge in [-0.1, -0.05) is 0 Å². The van der Waals surface area contributed by atoms with Gasteiger partial charge in [0.1, 0.15) is 0 Å². The topological polar surface area (TPSA) is 0 Å². The predicted molar refractivity (Wildman–Crippen MR) is 96.9 cm³/mol. The van der Waals surface area contributed by atoms with Crippen molar-refractivity contribution in [1.29, 1.82) is 0 Å². The Labute approximate surface area is 187 Å². The molecule has 0 nitrogen and oxygen atoms in total. The minimum absolute atomic E-state index is 0. The average molecular weight is 452 g/mol. The van der Waals surface area contributed by atoms with Crippen molar-refractivity contribution in [3.8, 4) is 0 Å². The molecule has 0 N–H and O–H groups in total. The molecule has 0 spiro atoms. The number of hydrogen-bond acceptors (Lipinski definition) is 0. The monoisotopic (exact) mass is 450 g/mol. The van der Waals surface area contributed by atoms with E-state index in [0.29, 0.717) is 0 Å². The van der Waals surface area contributed by atoms with Gasteiger partial charge in [0.2, 0.25) is 0 Å². The normalized spacial score (nSPS) is 15.1. The summed E-state index contributed by atoms with van der Waals surface area (Å²) < 4.78 is 1.66. The Balaban J connectivity index is 0. The van der Waals surface area contributed by atoms with E-state index >= 15 is 0 Å². The maximum atomic E-state index is 2.42. The van der Waals surface area contributed by atoms with E-state index in [0.717, 1.165) is 5.92 Å². The summed E-state index contributed by atoms with van der Waals surface area (Å²) in [5.74, 6) is 0.735. The first-order valence-electron chi connectivity index (χ1n) is 8.87. The molecule has 0 aliphatic heterocycles. The Kier molecular flexibility index (Phi) is 16.1. The average Bonchev–Trinajstić information content (AvgIpc) is 2.84. The van der Waals surface area contributed by atoms with Gasteiger partial charge in [-0.15, -0.1) is 0 Å². The van der Waals surface area contributed by atoms with Crippen molar-refractivity contribution in [3.63, 3.8) is 0 Å². The second-order valence-electron chi connectivity index (χ2n) is 6.60. The first kappa shape index (κ1) is 27.7. The molecule has 138 valence electrons. The van der Waals surface area contributed by atoms with E-state index in [4.69, 9.17) is 0 Å². The standard InChI is InChI=1S/C20H29Si.3ClH.Ti/c1-4-6-8-11-17-14-19(15-20(17)16(3)5-2)21-18-12-9-7-10-13-18;;;;/h7,9-10,12-13,16H,4-6,8,11,14,21H2,1-3H3;3*1H;/q;;;;+3/p-3. The minimum Gasteiger partial charge on any atom is -1.00 e. The fraction of sp³-hybridized carbons (Fsp3) is 0.500. The van der Waals surface area contributed by atoms with Crippen LogP contribution in [0.3, 0.4) is 0 Å². The van der Waals surface area contributed by atoms with Gasteiger partial charge >= 0.3 is 151 Å². The molecule has 1 aromatic rings. The van der Waals surface area contributed by atoms with Crippen LogP contribution in [0.1, 0.15) is 59.3 Å². The van der Waals surface area contributed by atoms with Crippen LogP contribution in [0.5, 0.6) is 0 Å². The fourth-order valence-electron chi connectivity index (χ4n) is 3.41. The van der Waals surface area contributed by atoms with E-state index in [-0.39, 0.29) is 46.7 Å². The van der Waals surface area contributed by atoms with Gasteiger partial charge in [-0.05, 0) is 0 Å². The van der Waals surface area contributed by atoms with Gasteiger partial charge in [-0.3, -0.25) is 0 Å². The van der Waals surface area contributed by atoms with Crippen molar-refractivity contribution in [1.82, 2.24) is 0 Å². The third kappa shape index (κ3) is 7.95. The molecule has 0 aromatic heterocycles. The van der Waals surface area contributed by atoms with Crippen molar-refractivity contribution >= 4 is 14.7 Å². The second-order valence-corrected chi connectivity index (χ2v) is 9.41. The summed E-state index contributed by atoms with van der Waals surface area (Å²) in [5, 5.41) is 3.39. The molecule has 0 amide bonds. The van der Waals surface area contributed by atoms with Gasteiger partial charge in [-0.2, -0.15) is 0 Å². The van der Waals surface area contributed by atoms with Crippen LogP contribution in [0.15, 0.2) is 50.6 Å². The molecule has 1 aliphatic carbocycles. The van der Waals surface area contributed by atoms with E-state index in [1.165, 1.54) is 38.5 Å². The third-order valence-electron chi connectivity index (χ3n) is 4.88. The van der Waals surface area contributed by atoms with E-state index in [2.05, 4.69) is 71.5 Å². The zero-order valence-corrected chi connectivity index (χ0v) is 20.8. The molecule has 0 heterocycles. The molecule has 0 saturated heterocycles. The number of allylic oxidation sites excluding steroid dienone is 4. The van der Waals surface area contributed by atoms with Crippen LogP contribution in [0.2, 0.25) is 0 Å². The van der Waals surface area contributed by atoms with Crippen LogP contribution in [-0.4, -0.2) is 9.52 Å². The summed E-state index contributed by atoms with van der Waals surface area (Å²) in [7, 11) is -0.276. The molecule has 5 heteroatoms. The van der Waals surface area contributed by atoms with Gasteiger partial charge in [0.15, 0.2) is 0 Å². The Morgan fingerprint density at radius 3 is 2.24 bits per heavy atom. The van der Waals surface area contributed by atoms with E-state index in [9.17, 15) is 0 Å². The Bertz CT molecular complexity index is 555. The number of hydrogen-bond donors (Lipinski definition) is 0. The zero-order valence-electron chi connectivity index (χ0n) is 15.5. The molecule has 2 rings (SSSR count). The molecule has 1 unspecified atom stereocenters. The van der Waals surface area contributed by atoms with E-state index in [1.807, 2.05) is 0 Å². The van der Waals surface area contributed by atoms with Crippen LogP contribution in [-0.2, 0) is 20.4 Å². The molecule has 1 aliphatic rings. The molecular formula is C20H29Cl3SiTi. The molecular weight excluding hydrogens is 423 g/mol. The number of benzene rings is 1. The van der Waals surface area contributed by atoms with Gasteiger partial charge in [0, 0.05) is 0 Å². The van der Waals surface area contributed by atoms with Crippen molar-refractivity contribution in [2.24, 2.45) is 5.92 Å². The van der Waals surface area contributed by atoms with Gasteiger partial charge in [0.05, 0.1) is 0 Å². The van der Waals surface area contributed by atoms with Crippen LogP contribution in [0.4, 0.5) is 0 Å². The number of halogens is 3. The maximum absolute atomic E-state index is 2.42. The zero-order chi connectivity index (χ0) is 15.9. The molecule has 0 bridgehead atoms. The fourth-order valence-corrected chi connectivity index (χ4v) is 6.42. The van der Waals surface area contributed by atoms with Crippen LogP contribution in [0, 0.1) is 5.92 Å². The third-order valence-corrected chi connectivity index (χ3v) is 8.31. The summed E-state index contributed by atoms with van der Waals surface area (Å²) in [4.78, 5) is 0. The van der Waals surface area contributed by atoms with Crippen LogP contribution >= 0.6 is 0 Å². The number of unbranched alkanes of at least 4 members (excludes halogenated alkanes) is 2. The van der Waals surface area contributed by atoms with Crippen molar-refractivity contribution in [2.45, 2.75) is 59.3 Å². The first-order chi connectivity index (χ1) is 10.7. The summed E-state index contributed by atoms with van der Waals surface area (Å²) in [6.45, 7) is 7.06. The van der Waals surface area contributed by atoms with Gasteiger partial charge in [0.25, 0.3) is 0 Å². The smallest absolute Gasteiger partial charge is 1.00 e. The minimum atomic E-state index is -0.276. The van der Waals surface area contributed by atoms with Crippen LogP contribution < -0.4 is 42.4 Å². The largest absolute Gasteiger partial charge is 1.00 e. The van der Waals surface area contributed by atoms with E-state index < -0.39 is 0 Å². The van der Waals surface area contributed by atoms with Crippen molar-refractivity contribution in [3.05, 3.63) is 50.6 Å². The Morgan fingerprint density at radius 1 is 1.04 bits per heavy atom. The quantitative estimate of drug-likeness (QED) is 0.277. The summed E-state index contributed by atoms with van der Waals surface area (Å²) in [5.41, 5.74) is 3.51. The second kappa shape index (κ2) is 14.5. The molecule has 25 heavy (non-hydrogen) atoms. The molecule has 1 aromatic carbocycles. The maximum Gasteiger partial charge on any atom is -1.00 e. The van der Waals surface area contributed by atoms with Gasteiger partial charge in [-0.25, -0.2) is 0 Å². The van der Waals surface area contributed by atoms with Crippen molar-refractivity contribution < 1.29 is 57.7 Å².